The molecule has 2 aromatic carbocycles. The number of nitrogens with zero attached hydrogens (tertiary/aromatic N) is 2. The smallest absolute Gasteiger partial charge is 0.0724 e. The van der Waals surface area contributed by atoms with E-state index >= 15 is 0 Å². The van der Waals surface area contributed by atoms with Gasteiger partial charge in [-0.1, -0.05) is 42.8 Å². The molecule has 0 amide bonds. The number of rotatable bonds is 9. The van der Waals surface area contributed by atoms with Gasteiger partial charge < -0.3 is 15.5 Å². The quantitative estimate of drug-likeness (QED) is 0.409. The lowest BCUT2D eigenvalue weighted by Crippen LogP contribution is -2.49. The standard InChI is InChI=1S/C29H41ClN4/c1-4-22(2)29(24-7-9-25(30)10-8-24)32-26-11-15-27(16-12-26)33(3)21-23-5-13-28(14-6-23)34-19-17-31-18-20-34/h7-12,15-16,23,28-29,31-32H,2,4-6,13-14,17-21H2,1,3H3/t23-,28-,29-/m1/s1. The van der Waals surface area contributed by atoms with Gasteiger partial charge in [-0.05, 0) is 80.0 Å². The lowest BCUT2D eigenvalue weighted by atomic mass is 9.84. The fourth-order valence-corrected chi connectivity index (χ4v) is 5.62. The highest BCUT2D eigenvalue weighted by Gasteiger charge is 2.27. The fourth-order valence-electron chi connectivity index (χ4n) is 5.49. The molecule has 0 bridgehead atoms. The average molecular weight is 481 g/mol. The van der Waals surface area contributed by atoms with Gasteiger partial charge in [0.15, 0.2) is 0 Å². The topological polar surface area (TPSA) is 30.5 Å². The Labute approximate surface area is 211 Å². The molecular formula is C29H41ClN4. The summed E-state index contributed by atoms with van der Waals surface area (Å²) in [5.74, 6) is 0.795. The van der Waals surface area contributed by atoms with Crippen molar-refractivity contribution in [3.05, 3.63) is 71.3 Å². The second kappa shape index (κ2) is 12.1. The van der Waals surface area contributed by atoms with Crippen LogP contribution < -0.4 is 15.5 Å². The summed E-state index contributed by atoms with van der Waals surface area (Å²) >= 11 is 6.10. The van der Waals surface area contributed by atoms with E-state index in [4.69, 9.17) is 11.6 Å². The van der Waals surface area contributed by atoms with E-state index in [0.29, 0.717) is 0 Å². The fraction of sp³-hybridized carbons (Fsp3) is 0.517. The van der Waals surface area contributed by atoms with Crippen molar-refractivity contribution in [1.82, 2.24) is 10.2 Å². The molecule has 4 rings (SSSR count). The van der Waals surface area contributed by atoms with Crippen LogP contribution in [0.1, 0.15) is 50.6 Å². The Morgan fingerprint density at radius 1 is 1.06 bits per heavy atom. The molecule has 184 valence electrons. The number of hydrogen-bond donors (Lipinski definition) is 2. The largest absolute Gasteiger partial charge is 0.374 e. The van der Waals surface area contributed by atoms with Crippen molar-refractivity contribution in [2.24, 2.45) is 5.92 Å². The summed E-state index contributed by atoms with van der Waals surface area (Å²) in [4.78, 5) is 5.15. The highest BCUT2D eigenvalue weighted by Crippen LogP contribution is 2.31. The molecule has 1 heterocycles. The Hall–Kier alpha value is -2.01. The molecule has 1 saturated heterocycles. The van der Waals surface area contributed by atoms with Crippen molar-refractivity contribution in [3.63, 3.8) is 0 Å². The van der Waals surface area contributed by atoms with Gasteiger partial charge in [-0.2, -0.15) is 0 Å². The monoisotopic (exact) mass is 480 g/mol. The minimum Gasteiger partial charge on any atom is -0.374 e. The minimum atomic E-state index is 0.0803. The number of halogens is 1. The molecule has 1 saturated carbocycles. The third-order valence-corrected chi connectivity index (χ3v) is 7.95. The Morgan fingerprint density at radius 3 is 2.32 bits per heavy atom. The van der Waals surface area contributed by atoms with E-state index in [1.807, 2.05) is 12.1 Å². The molecule has 34 heavy (non-hydrogen) atoms. The van der Waals surface area contributed by atoms with Gasteiger partial charge in [0, 0.05) is 62.2 Å². The molecule has 1 atom stereocenters. The maximum absolute atomic E-state index is 6.10. The van der Waals surface area contributed by atoms with Crippen molar-refractivity contribution in [1.29, 1.82) is 0 Å². The van der Waals surface area contributed by atoms with Crippen LogP contribution in [0.15, 0.2) is 60.7 Å². The molecule has 0 radical (unpaired) electrons. The van der Waals surface area contributed by atoms with E-state index in [-0.39, 0.29) is 6.04 Å². The number of benzene rings is 2. The van der Waals surface area contributed by atoms with Gasteiger partial charge in [-0.15, -0.1) is 0 Å². The number of nitrogens with one attached hydrogen (secondary N) is 2. The highest BCUT2D eigenvalue weighted by molar-refractivity contribution is 6.30. The zero-order valence-electron chi connectivity index (χ0n) is 20.9. The molecule has 1 aliphatic heterocycles. The molecule has 2 aromatic rings. The Morgan fingerprint density at radius 2 is 1.71 bits per heavy atom. The first-order valence-corrected chi connectivity index (χ1v) is 13.4. The summed E-state index contributed by atoms with van der Waals surface area (Å²) < 4.78 is 0. The van der Waals surface area contributed by atoms with E-state index in [2.05, 4.69) is 77.4 Å². The van der Waals surface area contributed by atoms with E-state index in [9.17, 15) is 0 Å². The molecule has 0 spiro atoms. The Bertz CT molecular complexity index is 897. The van der Waals surface area contributed by atoms with Crippen LogP contribution in [0.2, 0.25) is 5.02 Å². The molecule has 2 aliphatic rings. The zero-order valence-corrected chi connectivity index (χ0v) is 21.7. The lowest BCUT2D eigenvalue weighted by molar-refractivity contribution is 0.123. The molecular weight excluding hydrogens is 440 g/mol. The van der Waals surface area contributed by atoms with Crippen LogP contribution >= 0.6 is 11.6 Å². The summed E-state index contributed by atoms with van der Waals surface area (Å²) in [7, 11) is 2.24. The highest BCUT2D eigenvalue weighted by atomic mass is 35.5. The van der Waals surface area contributed by atoms with E-state index in [0.717, 1.165) is 48.7 Å². The van der Waals surface area contributed by atoms with Gasteiger partial charge in [-0.3, -0.25) is 4.90 Å². The van der Waals surface area contributed by atoms with Crippen molar-refractivity contribution in [2.45, 2.75) is 51.1 Å². The number of anilines is 2. The molecule has 2 fully saturated rings. The van der Waals surface area contributed by atoms with Crippen molar-refractivity contribution in [2.75, 3.05) is 50.0 Å². The molecule has 2 N–H and O–H groups in total. The van der Waals surface area contributed by atoms with E-state index < -0.39 is 0 Å². The second-order valence-electron chi connectivity index (χ2n) is 10.0. The lowest BCUT2D eigenvalue weighted by Gasteiger charge is -2.40. The summed E-state index contributed by atoms with van der Waals surface area (Å²) in [6.07, 6.45) is 6.34. The van der Waals surface area contributed by atoms with Crippen LogP contribution in [0.4, 0.5) is 11.4 Å². The zero-order chi connectivity index (χ0) is 23.9. The van der Waals surface area contributed by atoms with Crippen molar-refractivity contribution >= 4 is 23.0 Å². The molecule has 1 aliphatic carbocycles. The molecule has 4 nitrogen and oxygen atoms in total. The van der Waals surface area contributed by atoms with E-state index in [1.54, 1.807) is 0 Å². The third kappa shape index (κ3) is 6.56. The Kier molecular flexibility index (Phi) is 8.93. The van der Waals surface area contributed by atoms with Crippen molar-refractivity contribution in [3.8, 4) is 0 Å². The third-order valence-electron chi connectivity index (χ3n) is 7.70. The number of hydrogen-bond acceptors (Lipinski definition) is 4. The van der Waals surface area contributed by atoms with E-state index in [1.165, 1.54) is 55.6 Å². The normalized spacial score (nSPS) is 22.2. The van der Waals surface area contributed by atoms with Crippen LogP contribution in [0.5, 0.6) is 0 Å². The van der Waals surface area contributed by atoms with Gasteiger partial charge >= 0.3 is 0 Å². The first-order valence-electron chi connectivity index (χ1n) is 13.0. The molecule has 0 unspecified atom stereocenters. The SMILES string of the molecule is C=C(CC)[C@@H](Nc1ccc(N(C)C[C@H]2CC[C@H](N3CCNCC3)CC2)cc1)c1ccc(Cl)cc1. The summed E-state index contributed by atoms with van der Waals surface area (Å²) in [6.45, 7) is 12.4. The van der Waals surface area contributed by atoms with Gasteiger partial charge in [-0.25, -0.2) is 0 Å². The molecule has 5 heteroatoms. The first kappa shape index (κ1) is 25.1. The maximum Gasteiger partial charge on any atom is 0.0724 e. The maximum atomic E-state index is 6.10. The second-order valence-corrected chi connectivity index (χ2v) is 10.5. The van der Waals surface area contributed by atoms with Gasteiger partial charge in [0.25, 0.3) is 0 Å². The van der Waals surface area contributed by atoms with Gasteiger partial charge in [0.05, 0.1) is 6.04 Å². The Balaban J connectivity index is 1.31. The average Bonchev–Trinajstić information content (AvgIpc) is 2.89. The summed E-state index contributed by atoms with van der Waals surface area (Å²) in [5, 5.41) is 7.92. The van der Waals surface area contributed by atoms with Gasteiger partial charge in [0.2, 0.25) is 0 Å². The summed E-state index contributed by atoms with van der Waals surface area (Å²) in [5.41, 5.74) is 4.75. The van der Waals surface area contributed by atoms with Crippen molar-refractivity contribution < 1.29 is 0 Å². The van der Waals surface area contributed by atoms with Gasteiger partial charge in [0.1, 0.15) is 0 Å². The van der Waals surface area contributed by atoms with Crippen LogP contribution in [0, 0.1) is 5.92 Å². The predicted octanol–water partition coefficient (Wildman–Crippen LogP) is 6.36. The van der Waals surface area contributed by atoms with Crippen LogP contribution in [0.25, 0.3) is 0 Å². The predicted molar refractivity (Wildman–Crippen MR) is 147 cm³/mol. The summed E-state index contributed by atoms with van der Waals surface area (Å²) in [6, 6.07) is 17.8. The molecule has 0 aromatic heterocycles. The number of piperazine rings is 1. The van der Waals surface area contributed by atoms with Crippen LogP contribution in [0.3, 0.4) is 0 Å². The van der Waals surface area contributed by atoms with Crippen LogP contribution in [-0.2, 0) is 0 Å². The van der Waals surface area contributed by atoms with Crippen LogP contribution in [-0.4, -0.2) is 50.7 Å². The minimum absolute atomic E-state index is 0.0803. The first-order chi connectivity index (χ1) is 16.5.